The number of amides is 2. The van der Waals surface area contributed by atoms with E-state index in [-0.39, 0.29) is 18.4 Å². The van der Waals surface area contributed by atoms with Gasteiger partial charge in [-0.15, -0.1) is 0 Å². The first kappa shape index (κ1) is 14.4. The molecule has 0 fully saturated rings. The number of nitrogens with zero attached hydrogens (tertiary/aromatic N) is 1. The van der Waals surface area contributed by atoms with Crippen molar-refractivity contribution in [2.75, 3.05) is 13.6 Å². The quantitative estimate of drug-likeness (QED) is 0.727. The molecule has 5 nitrogen and oxygen atoms in total. The van der Waals surface area contributed by atoms with E-state index in [1.165, 1.54) is 13.8 Å². The van der Waals surface area contributed by atoms with Crippen LogP contribution in [0.4, 0.5) is 0 Å². The van der Waals surface area contributed by atoms with E-state index in [1.54, 1.807) is 20.9 Å². The molecule has 0 aromatic rings. The average molecular weight is 225 g/mol. The molecule has 2 N–H and O–H groups in total. The molecule has 0 spiro atoms. The van der Waals surface area contributed by atoms with Gasteiger partial charge in [-0.3, -0.25) is 9.59 Å². The Morgan fingerprint density at radius 1 is 1.19 bits per heavy atom. The van der Waals surface area contributed by atoms with Crippen molar-refractivity contribution in [2.24, 2.45) is 10.8 Å². The van der Waals surface area contributed by atoms with E-state index in [9.17, 15) is 9.59 Å². The molecule has 0 rings (SSSR count). The van der Waals surface area contributed by atoms with Crippen molar-refractivity contribution in [1.29, 1.82) is 5.26 Å². The van der Waals surface area contributed by atoms with Crippen LogP contribution in [0.25, 0.3) is 0 Å². The summed E-state index contributed by atoms with van der Waals surface area (Å²) in [6, 6.07) is 1.91. The first-order valence-electron chi connectivity index (χ1n) is 5.09. The molecular formula is C11H19N3O2. The summed E-state index contributed by atoms with van der Waals surface area (Å²) in [5.74, 6) is -0.519. The van der Waals surface area contributed by atoms with Crippen molar-refractivity contribution >= 4 is 11.8 Å². The Balaban J connectivity index is 4.43. The van der Waals surface area contributed by atoms with Crippen LogP contribution < -0.4 is 10.6 Å². The smallest absolute Gasteiger partial charge is 0.239 e. The molecule has 0 radical (unpaired) electrons. The average Bonchev–Trinajstić information content (AvgIpc) is 2.24. The molecule has 0 aliphatic rings. The van der Waals surface area contributed by atoms with Crippen LogP contribution in [0.1, 0.15) is 27.7 Å². The van der Waals surface area contributed by atoms with Gasteiger partial charge in [0.1, 0.15) is 5.41 Å². The number of carbonyl (C=O) groups excluding carboxylic acids is 2. The third-order valence-electron chi connectivity index (χ3n) is 2.38. The molecule has 0 aromatic heterocycles. The topological polar surface area (TPSA) is 82.0 Å². The molecule has 0 aromatic carbocycles. The molecule has 5 heteroatoms. The summed E-state index contributed by atoms with van der Waals surface area (Å²) in [4.78, 5) is 23.0. The lowest BCUT2D eigenvalue weighted by Gasteiger charge is -2.24. The van der Waals surface area contributed by atoms with Crippen molar-refractivity contribution in [3.8, 4) is 6.07 Å². The number of nitriles is 1. The van der Waals surface area contributed by atoms with Gasteiger partial charge >= 0.3 is 0 Å². The molecule has 90 valence electrons. The highest BCUT2D eigenvalue weighted by molar-refractivity contribution is 5.86. The Kier molecular flexibility index (Phi) is 4.48. The second-order valence-electron chi connectivity index (χ2n) is 4.88. The predicted molar refractivity (Wildman–Crippen MR) is 60.3 cm³/mol. The summed E-state index contributed by atoms with van der Waals surface area (Å²) >= 11 is 0. The summed E-state index contributed by atoms with van der Waals surface area (Å²) in [5.41, 5.74) is -1.76. The molecule has 0 atom stereocenters. The van der Waals surface area contributed by atoms with E-state index < -0.39 is 10.8 Å². The largest absolute Gasteiger partial charge is 0.359 e. The summed E-state index contributed by atoms with van der Waals surface area (Å²) < 4.78 is 0. The minimum absolute atomic E-state index is 0.150. The van der Waals surface area contributed by atoms with Crippen LogP contribution in [0.5, 0.6) is 0 Å². The summed E-state index contributed by atoms with van der Waals surface area (Å²) in [6.07, 6.45) is 0. The SMILES string of the molecule is CNC(=O)C(C)(C)CNC(=O)C(C)(C)C#N. The Labute approximate surface area is 96.2 Å². The number of rotatable bonds is 4. The molecule has 0 aliphatic heterocycles. The van der Waals surface area contributed by atoms with Crippen molar-refractivity contribution in [3.05, 3.63) is 0 Å². The van der Waals surface area contributed by atoms with Crippen LogP contribution in [0, 0.1) is 22.2 Å². The highest BCUT2D eigenvalue weighted by atomic mass is 16.2. The fraction of sp³-hybridized carbons (Fsp3) is 0.727. The number of nitrogens with one attached hydrogen (secondary N) is 2. The molecule has 2 amide bonds. The number of hydrogen-bond donors (Lipinski definition) is 2. The minimum atomic E-state index is -1.07. The molecule has 0 heterocycles. The van der Waals surface area contributed by atoms with Gasteiger partial charge in [-0.2, -0.15) is 5.26 Å². The Hall–Kier alpha value is -1.57. The van der Waals surface area contributed by atoms with Crippen molar-refractivity contribution in [2.45, 2.75) is 27.7 Å². The second-order valence-corrected chi connectivity index (χ2v) is 4.88. The molecular weight excluding hydrogens is 206 g/mol. The second kappa shape index (κ2) is 4.97. The van der Waals surface area contributed by atoms with Crippen LogP contribution in [-0.4, -0.2) is 25.4 Å². The molecule has 0 aliphatic carbocycles. The van der Waals surface area contributed by atoms with E-state index >= 15 is 0 Å². The van der Waals surface area contributed by atoms with Gasteiger partial charge in [0.05, 0.1) is 11.5 Å². The minimum Gasteiger partial charge on any atom is -0.359 e. The maximum absolute atomic E-state index is 11.6. The van der Waals surface area contributed by atoms with Gasteiger partial charge in [0.2, 0.25) is 11.8 Å². The highest BCUT2D eigenvalue weighted by Crippen LogP contribution is 2.16. The third-order valence-corrected chi connectivity index (χ3v) is 2.38. The van der Waals surface area contributed by atoms with Crippen LogP contribution in [0.15, 0.2) is 0 Å². The zero-order valence-electron chi connectivity index (χ0n) is 10.5. The lowest BCUT2D eigenvalue weighted by molar-refractivity contribution is -0.130. The zero-order chi connectivity index (χ0) is 13.0. The predicted octanol–water partition coefficient (Wildman–Crippen LogP) is 0.425. The number of hydrogen-bond acceptors (Lipinski definition) is 3. The normalized spacial score (nSPS) is 11.5. The van der Waals surface area contributed by atoms with Gasteiger partial charge in [-0.05, 0) is 27.7 Å². The van der Waals surface area contributed by atoms with E-state index in [0.717, 1.165) is 0 Å². The Morgan fingerprint density at radius 3 is 2.06 bits per heavy atom. The van der Waals surface area contributed by atoms with Crippen LogP contribution in [-0.2, 0) is 9.59 Å². The van der Waals surface area contributed by atoms with Gasteiger partial charge < -0.3 is 10.6 Å². The molecule has 0 unspecified atom stereocenters. The standard InChI is InChI=1S/C11H19N3O2/c1-10(2,6-12)9(16)14-7-11(3,4)8(15)13-5/h7H2,1-5H3,(H,13,15)(H,14,16). The summed E-state index contributed by atoms with van der Waals surface area (Å²) in [5, 5.41) is 13.9. The van der Waals surface area contributed by atoms with Crippen LogP contribution >= 0.6 is 0 Å². The zero-order valence-corrected chi connectivity index (χ0v) is 10.5. The first-order chi connectivity index (χ1) is 7.17. The summed E-state index contributed by atoms with van der Waals surface area (Å²) in [6.45, 7) is 6.73. The molecule has 0 saturated heterocycles. The van der Waals surface area contributed by atoms with Crippen LogP contribution in [0.3, 0.4) is 0 Å². The van der Waals surface area contributed by atoms with E-state index in [1.807, 2.05) is 6.07 Å². The maximum atomic E-state index is 11.6. The van der Waals surface area contributed by atoms with Gasteiger partial charge in [-0.25, -0.2) is 0 Å². The van der Waals surface area contributed by atoms with E-state index in [4.69, 9.17) is 5.26 Å². The monoisotopic (exact) mass is 225 g/mol. The molecule has 0 saturated carbocycles. The van der Waals surface area contributed by atoms with Crippen molar-refractivity contribution < 1.29 is 9.59 Å². The van der Waals surface area contributed by atoms with Crippen molar-refractivity contribution in [1.82, 2.24) is 10.6 Å². The molecule has 0 bridgehead atoms. The Morgan fingerprint density at radius 2 is 1.69 bits per heavy atom. The van der Waals surface area contributed by atoms with Crippen LogP contribution in [0.2, 0.25) is 0 Å². The maximum Gasteiger partial charge on any atom is 0.239 e. The fourth-order valence-corrected chi connectivity index (χ4v) is 0.992. The van der Waals surface area contributed by atoms with Gasteiger partial charge in [0.25, 0.3) is 0 Å². The van der Waals surface area contributed by atoms with Gasteiger partial charge in [0.15, 0.2) is 0 Å². The fourth-order valence-electron chi connectivity index (χ4n) is 0.992. The number of carbonyl (C=O) groups is 2. The third kappa shape index (κ3) is 3.54. The van der Waals surface area contributed by atoms with Gasteiger partial charge in [-0.1, -0.05) is 0 Å². The van der Waals surface area contributed by atoms with E-state index in [0.29, 0.717) is 0 Å². The lowest BCUT2D eigenvalue weighted by atomic mass is 9.90. The molecule has 16 heavy (non-hydrogen) atoms. The van der Waals surface area contributed by atoms with Crippen molar-refractivity contribution in [3.63, 3.8) is 0 Å². The van der Waals surface area contributed by atoms with E-state index in [2.05, 4.69) is 10.6 Å². The highest BCUT2D eigenvalue weighted by Gasteiger charge is 2.31. The lowest BCUT2D eigenvalue weighted by Crippen LogP contribution is -2.46. The Bertz CT molecular complexity index is 327. The summed E-state index contributed by atoms with van der Waals surface area (Å²) in [7, 11) is 1.55. The first-order valence-corrected chi connectivity index (χ1v) is 5.09. The van der Waals surface area contributed by atoms with Gasteiger partial charge in [0, 0.05) is 13.6 Å².